The number of nitrogens with zero attached hydrogens (tertiary/aromatic N) is 1. The number of hydrogen-bond donors (Lipinski definition) is 0. The highest BCUT2D eigenvalue weighted by Gasteiger charge is 2.17. The van der Waals surface area contributed by atoms with Crippen molar-refractivity contribution in [1.29, 1.82) is 0 Å². The minimum atomic E-state index is -0.622. The Morgan fingerprint density at radius 3 is 2.80 bits per heavy atom. The van der Waals surface area contributed by atoms with Gasteiger partial charge in [0.2, 0.25) is 0 Å². The molecule has 2 aromatic rings. The van der Waals surface area contributed by atoms with Crippen LogP contribution in [0.2, 0.25) is 0 Å². The van der Waals surface area contributed by atoms with Crippen LogP contribution in [0.4, 0.5) is 4.39 Å². The van der Waals surface area contributed by atoms with E-state index in [9.17, 15) is 9.18 Å². The van der Waals surface area contributed by atoms with Gasteiger partial charge < -0.3 is 4.42 Å². The summed E-state index contributed by atoms with van der Waals surface area (Å²) in [5.41, 5.74) is 0.384. The van der Waals surface area contributed by atoms with E-state index < -0.39 is 5.82 Å². The van der Waals surface area contributed by atoms with Gasteiger partial charge in [-0.05, 0) is 19.1 Å². The van der Waals surface area contributed by atoms with Crippen LogP contribution in [0, 0.1) is 12.7 Å². The van der Waals surface area contributed by atoms with Gasteiger partial charge in [0.1, 0.15) is 5.76 Å². The molecule has 0 amide bonds. The van der Waals surface area contributed by atoms with Crippen LogP contribution in [0.5, 0.6) is 0 Å². The highest BCUT2D eigenvalue weighted by atomic mass is 19.1. The maximum absolute atomic E-state index is 13.2. The number of aryl methyl sites for hydroxylation is 1. The standard InChI is InChI=1S/C11H8FNO2/c1-7-8(3-5-15-7)11(14)9-2-4-13-6-10(9)12/h2-6H,1H3. The smallest absolute Gasteiger partial charge is 0.199 e. The van der Waals surface area contributed by atoms with Crippen molar-refractivity contribution in [3.63, 3.8) is 0 Å². The third-order valence-corrected chi connectivity index (χ3v) is 2.12. The summed E-state index contributed by atoms with van der Waals surface area (Å²) in [5, 5.41) is 0. The number of hydrogen-bond acceptors (Lipinski definition) is 3. The number of furan rings is 1. The highest BCUT2D eigenvalue weighted by molar-refractivity contribution is 6.09. The zero-order valence-electron chi connectivity index (χ0n) is 8.03. The first kappa shape index (κ1) is 9.58. The zero-order chi connectivity index (χ0) is 10.8. The van der Waals surface area contributed by atoms with Crippen molar-refractivity contribution < 1.29 is 13.6 Å². The van der Waals surface area contributed by atoms with Gasteiger partial charge in [0.25, 0.3) is 0 Å². The normalized spacial score (nSPS) is 10.3. The molecule has 2 aromatic heterocycles. The van der Waals surface area contributed by atoms with E-state index in [-0.39, 0.29) is 11.3 Å². The molecular weight excluding hydrogens is 197 g/mol. The molecule has 0 aliphatic rings. The summed E-state index contributed by atoms with van der Waals surface area (Å²) in [7, 11) is 0. The van der Waals surface area contributed by atoms with Gasteiger partial charge in [-0.15, -0.1) is 0 Å². The monoisotopic (exact) mass is 205 g/mol. The van der Waals surface area contributed by atoms with Crippen molar-refractivity contribution in [1.82, 2.24) is 4.98 Å². The molecule has 4 heteroatoms. The first-order valence-electron chi connectivity index (χ1n) is 4.38. The van der Waals surface area contributed by atoms with E-state index in [1.54, 1.807) is 6.92 Å². The van der Waals surface area contributed by atoms with Crippen LogP contribution in [0.1, 0.15) is 21.7 Å². The van der Waals surface area contributed by atoms with E-state index in [0.29, 0.717) is 11.3 Å². The molecule has 0 fully saturated rings. The zero-order valence-corrected chi connectivity index (χ0v) is 8.03. The largest absolute Gasteiger partial charge is 0.469 e. The summed E-state index contributed by atoms with van der Waals surface area (Å²) in [5.74, 6) is -0.527. The minimum absolute atomic E-state index is 0.00880. The average Bonchev–Trinajstić information content (AvgIpc) is 2.64. The van der Waals surface area contributed by atoms with E-state index in [0.717, 1.165) is 6.20 Å². The molecule has 2 heterocycles. The van der Waals surface area contributed by atoms with E-state index in [2.05, 4.69) is 4.98 Å². The van der Waals surface area contributed by atoms with Crippen LogP contribution in [-0.4, -0.2) is 10.8 Å². The Balaban J connectivity index is 2.46. The lowest BCUT2D eigenvalue weighted by Crippen LogP contribution is -2.04. The fourth-order valence-electron chi connectivity index (χ4n) is 1.32. The second kappa shape index (κ2) is 3.65. The lowest BCUT2D eigenvalue weighted by atomic mass is 10.1. The van der Waals surface area contributed by atoms with E-state index in [1.807, 2.05) is 0 Å². The Kier molecular flexibility index (Phi) is 2.33. The van der Waals surface area contributed by atoms with Crippen molar-refractivity contribution in [2.24, 2.45) is 0 Å². The summed E-state index contributed by atoms with van der Waals surface area (Å²) in [6, 6.07) is 2.88. The fraction of sp³-hybridized carbons (Fsp3) is 0.0909. The molecular formula is C11H8FNO2. The van der Waals surface area contributed by atoms with Gasteiger partial charge in [0.15, 0.2) is 11.6 Å². The minimum Gasteiger partial charge on any atom is -0.469 e. The predicted octanol–water partition coefficient (Wildman–Crippen LogP) is 2.35. The molecule has 0 radical (unpaired) electrons. The van der Waals surface area contributed by atoms with Crippen LogP contribution < -0.4 is 0 Å². The molecule has 0 bridgehead atoms. The van der Waals surface area contributed by atoms with Crippen LogP contribution in [0.15, 0.2) is 35.2 Å². The SMILES string of the molecule is Cc1occc1C(=O)c1ccncc1F. The molecule has 0 N–H and O–H groups in total. The molecule has 0 saturated carbocycles. The number of ketones is 1. The van der Waals surface area contributed by atoms with Crippen molar-refractivity contribution in [3.05, 3.63) is 53.5 Å². The highest BCUT2D eigenvalue weighted by Crippen LogP contribution is 2.16. The van der Waals surface area contributed by atoms with Gasteiger partial charge in [-0.25, -0.2) is 4.39 Å². The summed E-state index contributed by atoms with van der Waals surface area (Å²) < 4.78 is 18.2. The molecule has 15 heavy (non-hydrogen) atoms. The van der Waals surface area contributed by atoms with Crippen molar-refractivity contribution in [2.75, 3.05) is 0 Å². The van der Waals surface area contributed by atoms with Crippen molar-refractivity contribution >= 4 is 5.78 Å². The summed E-state index contributed by atoms with van der Waals surface area (Å²) in [6.45, 7) is 1.66. The van der Waals surface area contributed by atoms with Crippen LogP contribution in [0.25, 0.3) is 0 Å². The maximum atomic E-state index is 13.2. The number of rotatable bonds is 2. The molecule has 2 rings (SSSR count). The Morgan fingerprint density at radius 1 is 1.40 bits per heavy atom. The topological polar surface area (TPSA) is 43.1 Å². The Morgan fingerprint density at radius 2 is 2.20 bits per heavy atom. The molecule has 0 aliphatic heterocycles. The first-order valence-corrected chi connectivity index (χ1v) is 4.38. The molecule has 0 aromatic carbocycles. The number of pyridine rings is 1. The predicted molar refractivity (Wildman–Crippen MR) is 51.1 cm³/mol. The molecule has 3 nitrogen and oxygen atoms in total. The number of aromatic nitrogens is 1. The molecule has 0 saturated heterocycles. The average molecular weight is 205 g/mol. The molecule has 0 unspecified atom stereocenters. The van der Waals surface area contributed by atoms with Gasteiger partial charge >= 0.3 is 0 Å². The third kappa shape index (κ3) is 1.66. The second-order valence-corrected chi connectivity index (χ2v) is 3.08. The van der Waals surface area contributed by atoms with E-state index in [1.165, 1.54) is 24.6 Å². The maximum Gasteiger partial charge on any atom is 0.199 e. The summed E-state index contributed by atoms with van der Waals surface area (Å²) in [6.07, 6.45) is 3.80. The molecule has 76 valence electrons. The van der Waals surface area contributed by atoms with E-state index >= 15 is 0 Å². The van der Waals surface area contributed by atoms with E-state index in [4.69, 9.17) is 4.42 Å². The van der Waals surface area contributed by atoms with Crippen LogP contribution in [0.3, 0.4) is 0 Å². The summed E-state index contributed by atoms with van der Waals surface area (Å²) in [4.78, 5) is 15.4. The number of carbonyl (C=O) groups is 1. The number of carbonyl (C=O) groups excluding carboxylic acids is 1. The summed E-state index contributed by atoms with van der Waals surface area (Å²) >= 11 is 0. The van der Waals surface area contributed by atoms with Crippen LogP contribution in [-0.2, 0) is 0 Å². The van der Waals surface area contributed by atoms with Crippen molar-refractivity contribution in [3.8, 4) is 0 Å². The second-order valence-electron chi connectivity index (χ2n) is 3.08. The molecule has 0 atom stereocenters. The Bertz CT molecular complexity index is 505. The quantitative estimate of drug-likeness (QED) is 0.707. The lowest BCUT2D eigenvalue weighted by Gasteiger charge is -1.99. The molecule has 0 spiro atoms. The van der Waals surface area contributed by atoms with Gasteiger partial charge in [-0.3, -0.25) is 9.78 Å². The fourth-order valence-corrected chi connectivity index (χ4v) is 1.32. The first-order chi connectivity index (χ1) is 7.20. The van der Waals surface area contributed by atoms with Gasteiger partial charge in [0.05, 0.1) is 23.6 Å². The Labute approximate surface area is 85.6 Å². The third-order valence-electron chi connectivity index (χ3n) is 2.12. The number of halogens is 1. The van der Waals surface area contributed by atoms with Gasteiger partial charge in [0, 0.05) is 6.20 Å². The van der Waals surface area contributed by atoms with Gasteiger partial charge in [-0.1, -0.05) is 0 Å². The Hall–Kier alpha value is -1.97. The molecule has 0 aliphatic carbocycles. The van der Waals surface area contributed by atoms with Gasteiger partial charge in [-0.2, -0.15) is 0 Å². The van der Waals surface area contributed by atoms with Crippen LogP contribution >= 0.6 is 0 Å². The lowest BCUT2D eigenvalue weighted by molar-refractivity contribution is 0.103. The van der Waals surface area contributed by atoms with Crippen molar-refractivity contribution in [2.45, 2.75) is 6.92 Å².